The first-order valence-corrected chi connectivity index (χ1v) is 11.4. The zero-order valence-corrected chi connectivity index (χ0v) is 20.7. The van der Waals surface area contributed by atoms with E-state index in [1.54, 1.807) is 35.4 Å². The average molecular weight is 464 g/mol. The Morgan fingerprint density at radius 2 is 1.91 bits per heavy atom. The van der Waals surface area contributed by atoms with E-state index >= 15 is 0 Å². The van der Waals surface area contributed by atoms with Crippen LogP contribution in [0.2, 0.25) is 0 Å². The Labute approximate surface area is 212 Å². The molecule has 0 radical (unpaired) electrons. The number of nitrogens with zero attached hydrogens (tertiary/aromatic N) is 4. The van der Waals surface area contributed by atoms with E-state index in [2.05, 4.69) is 12.0 Å². The van der Waals surface area contributed by atoms with Gasteiger partial charge in [-0.05, 0) is 31.0 Å². The van der Waals surface area contributed by atoms with Crippen molar-refractivity contribution in [1.29, 1.82) is 0 Å². The van der Waals surface area contributed by atoms with Gasteiger partial charge in [0.1, 0.15) is 23.7 Å². The van der Waals surface area contributed by atoms with Crippen LogP contribution in [-0.4, -0.2) is 49.7 Å². The summed E-state index contributed by atoms with van der Waals surface area (Å²) in [7, 11) is 1.78. The van der Waals surface area contributed by atoms with Gasteiger partial charge in [-0.2, -0.15) is 5.10 Å². The average Bonchev–Trinajstić information content (AvgIpc) is 3.11. The van der Waals surface area contributed by atoms with E-state index in [0.29, 0.717) is 48.8 Å². The standard InChI is InChI=1S/C24H32N4O5.Li.H/c1-5-8-18-21-22(27(4)26-18)23(29)28(20(6-2)25-21)13-14-33-17-11-9-16(10-12-17)15-19(24(30)31)32-7-3;;/h9-12,19H,5-8,13-15H2,1-4H3,(H,30,31);;/q;+1;-1. The Hall–Kier alpha value is -2.60. The van der Waals surface area contributed by atoms with Crippen molar-refractivity contribution in [3.05, 3.63) is 51.7 Å². The number of rotatable bonds is 12. The molecule has 1 aromatic carbocycles. The first kappa shape index (κ1) is 27.6. The number of aliphatic carboxylic acids is 1. The van der Waals surface area contributed by atoms with E-state index in [-0.39, 0.29) is 32.3 Å². The monoisotopic (exact) mass is 464 g/mol. The van der Waals surface area contributed by atoms with Crippen LogP contribution in [0.15, 0.2) is 29.1 Å². The molecule has 0 saturated heterocycles. The Morgan fingerprint density at radius 3 is 2.50 bits per heavy atom. The van der Waals surface area contributed by atoms with Crippen LogP contribution in [0, 0.1) is 0 Å². The zero-order chi connectivity index (χ0) is 24.0. The fourth-order valence-electron chi connectivity index (χ4n) is 3.88. The van der Waals surface area contributed by atoms with Gasteiger partial charge in [0.2, 0.25) is 0 Å². The number of ether oxygens (including phenoxy) is 2. The molecule has 1 N–H and O–H groups in total. The molecule has 1 unspecified atom stereocenters. The van der Waals surface area contributed by atoms with Gasteiger partial charge < -0.3 is 16.0 Å². The number of fused-ring (bicyclic) bond motifs is 1. The van der Waals surface area contributed by atoms with Crippen LogP contribution in [0.1, 0.15) is 45.7 Å². The van der Waals surface area contributed by atoms with Gasteiger partial charge in [-0.25, -0.2) is 9.78 Å². The SMILES string of the molecule is CCCc1nn(C)c2c(=O)n(CCOc3ccc(CC(OCC)C(=O)O)cc3)c(CC)nc12.[H-].[Li+]. The first-order chi connectivity index (χ1) is 15.9. The normalized spacial score (nSPS) is 11.9. The number of aromatic nitrogens is 4. The fraction of sp³-hybridized carbons (Fsp3) is 0.500. The van der Waals surface area contributed by atoms with Crippen LogP contribution in [0.25, 0.3) is 11.0 Å². The number of hydrogen-bond acceptors (Lipinski definition) is 6. The van der Waals surface area contributed by atoms with E-state index in [0.717, 1.165) is 24.1 Å². The largest absolute Gasteiger partial charge is 1.00 e. The van der Waals surface area contributed by atoms with Gasteiger partial charge in [-0.3, -0.25) is 14.0 Å². The summed E-state index contributed by atoms with van der Waals surface area (Å²) >= 11 is 0. The molecule has 2 aromatic heterocycles. The number of carbonyl (C=O) groups is 1. The molecule has 10 heteroatoms. The van der Waals surface area contributed by atoms with Crippen LogP contribution >= 0.6 is 0 Å². The molecule has 180 valence electrons. The van der Waals surface area contributed by atoms with Gasteiger partial charge in [0.05, 0.1) is 12.2 Å². The molecule has 0 bridgehead atoms. The minimum absolute atomic E-state index is 0. The molecule has 9 nitrogen and oxygen atoms in total. The fourth-order valence-corrected chi connectivity index (χ4v) is 3.88. The van der Waals surface area contributed by atoms with E-state index in [4.69, 9.17) is 14.5 Å². The van der Waals surface area contributed by atoms with Crippen molar-refractivity contribution in [3.63, 3.8) is 0 Å². The van der Waals surface area contributed by atoms with Gasteiger partial charge in [0.15, 0.2) is 11.6 Å². The van der Waals surface area contributed by atoms with Crippen LogP contribution in [0.4, 0.5) is 0 Å². The summed E-state index contributed by atoms with van der Waals surface area (Å²) in [6.07, 6.45) is 1.77. The molecule has 0 fully saturated rings. The molecule has 0 aliphatic heterocycles. The van der Waals surface area contributed by atoms with E-state index in [9.17, 15) is 14.7 Å². The molecule has 0 saturated carbocycles. The Balaban J connectivity index is 0.00000306. The van der Waals surface area contributed by atoms with E-state index in [1.165, 1.54) is 0 Å². The minimum atomic E-state index is -0.977. The predicted molar refractivity (Wildman–Crippen MR) is 126 cm³/mol. The third kappa shape index (κ3) is 6.29. The molecule has 3 aromatic rings. The van der Waals surface area contributed by atoms with E-state index in [1.807, 2.05) is 19.1 Å². The molecule has 0 aliphatic carbocycles. The number of benzene rings is 1. The molecule has 2 heterocycles. The van der Waals surface area contributed by atoms with Gasteiger partial charge in [-0.1, -0.05) is 32.4 Å². The number of hydrogen-bond donors (Lipinski definition) is 1. The number of carboxylic acids is 1. The quantitative estimate of drug-likeness (QED) is 0.372. The maximum Gasteiger partial charge on any atom is 1.00 e. The second-order valence-electron chi connectivity index (χ2n) is 7.83. The summed E-state index contributed by atoms with van der Waals surface area (Å²) in [5.41, 5.74) is 2.81. The summed E-state index contributed by atoms with van der Waals surface area (Å²) in [6.45, 7) is 6.84. The molecule has 3 rings (SSSR count). The first-order valence-electron chi connectivity index (χ1n) is 11.4. The molecular formula is C24H33LiN4O5. The Kier molecular flexibility index (Phi) is 10.4. The van der Waals surface area contributed by atoms with Crippen LogP contribution < -0.4 is 29.2 Å². The van der Waals surface area contributed by atoms with Gasteiger partial charge in [0, 0.05) is 26.5 Å². The van der Waals surface area contributed by atoms with Crippen LogP contribution in [0.3, 0.4) is 0 Å². The van der Waals surface area contributed by atoms with Crippen molar-refractivity contribution in [2.24, 2.45) is 7.05 Å². The van der Waals surface area contributed by atoms with Crippen molar-refractivity contribution in [2.75, 3.05) is 13.2 Å². The number of aryl methyl sites for hydroxylation is 3. The maximum absolute atomic E-state index is 13.2. The van der Waals surface area contributed by atoms with Crippen LogP contribution in [-0.2, 0) is 42.4 Å². The van der Waals surface area contributed by atoms with Crippen molar-refractivity contribution in [1.82, 2.24) is 19.3 Å². The number of carboxylic acid groups (broad SMARTS) is 1. The topological polar surface area (TPSA) is 108 Å². The zero-order valence-electron chi connectivity index (χ0n) is 21.7. The molecule has 0 amide bonds. The summed E-state index contributed by atoms with van der Waals surface area (Å²) in [6, 6.07) is 7.24. The molecule has 34 heavy (non-hydrogen) atoms. The summed E-state index contributed by atoms with van der Waals surface area (Å²) in [5, 5.41) is 13.7. The van der Waals surface area contributed by atoms with Gasteiger partial charge in [0.25, 0.3) is 5.56 Å². The Bertz CT molecular complexity index is 1160. The molecule has 1 atom stereocenters. The van der Waals surface area contributed by atoms with E-state index < -0.39 is 12.1 Å². The minimum Gasteiger partial charge on any atom is -1.00 e. The summed E-state index contributed by atoms with van der Waals surface area (Å²) in [4.78, 5) is 29.2. The van der Waals surface area contributed by atoms with Gasteiger partial charge >= 0.3 is 24.8 Å². The Morgan fingerprint density at radius 1 is 1.21 bits per heavy atom. The van der Waals surface area contributed by atoms with Crippen molar-refractivity contribution >= 4 is 17.0 Å². The molecule has 0 aliphatic rings. The third-order valence-corrected chi connectivity index (χ3v) is 5.47. The molecular weight excluding hydrogens is 431 g/mol. The van der Waals surface area contributed by atoms with Gasteiger partial charge in [-0.15, -0.1) is 0 Å². The summed E-state index contributed by atoms with van der Waals surface area (Å²) < 4.78 is 14.4. The van der Waals surface area contributed by atoms with Crippen molar-refractivity contribution < 1.29 is 39.7 Å². The van der Waals surface area contributed by atoms with Crippen molar-refractivity contribution in [2.45, 2.75) is 59.1 Å². The van der Waals surface area contributed by atoms with Crippen molar-refractivity contribution in [3.8, 4) is 5.75 Å². The maximum atomic E-state index is 13.2. The smallest absolute Gasteiger partial charge is 1.00 e. The third-order valence-electron chi connectivity index (χ3n) is 5.47. The predicted octanol–water partition coefficient (Wildman–Crippen LogP) is -0.127. The second kappa shape index (κ2) is 12.7. The summed E-state index contributed by atoms with van der Waals surface area (Å²) in [5.74, 6) is 0.385. The molecule has 0 spiro atoms. The second-order valence-corrected chi connectivity index (χ2v) is 7.83. The van der Waals surface area contributed by atoms with Crippen LogP contribution in [0.5, 0.6) is 5.75 Å².